The quantitative estimate of drug-likeness (QED) is 0.314. The molecular weight excluding hydrogens is 142 g/mol. The number of rotatable bonds is 1. The SMILES string of the molecule is Cc1ccc(N(N)O)c(N)c1. The minimum atomic E-state index is 0.413. The number of nitrogens with two attached hydrogens (primary N) is 2. The summed E-state index contributed by atoms with van der Waals surface area (Å²) in [4.78, 5) is 0. The van der Waals surface area contributed by atoms with Gasteiger partial charge in [0.15, 0.2) is 0 Å². The molecule has 0 fully saturated rings. The second-order valence-electron chi connectivity index (χ2n) is 2.41. The predicted molar refractivity (Wildman–Crippen MR) is 44.0 cm³/mol. The van der Waals surface area contributed by atoms with Gasteiger partial charge in [-0.15, -0.1) is 0 Å². The molecule has 1 rings (SSSR count). The van der Waals surface area contributed by atoms with E-state index >= 15 is 0 Å². The molecule has 60 valence electrons. The van der Waals surface area contributed by atoms with Gasteiger partial charge in [-0.1, -0.05) is 6.07 Å². The highest BCUT2D eigenvalue weighted by Gasteiger charge is 2.01. The van der Waals surface area contributed by atoms with E-state index in [0.717, 1.165) is 5.56 Å². The Hall–Kier alpha value is -1.26. The number of benzene rings is 1. The van der Waals surface area contributed by atoms with Gasteiger partial charge in [-0.25, -0.2) is 5.84 Å². The zero-order valence-electron chi connectivity index (χ0n) is 6.28. The Morgan fingerprint density at radius 3 is 2.55 bits per heavy atom. The average molecular weight is 153 g/mol. The van der Waals surface area contributed by atoms with Crippen molar-refractivity contribution >= 4 is 11.4 Å². The molecule has 0 saturated carbocycles. The number of aryl methyl sites for hydroxylation is 1. The largest absolute Gasteiger partial charge is 0.397 e. The lowest BCUT2D eigenvalue weighted by atomic mass is 10.2. The maximum absolute atomic E-state index is 8.83. The summed E-state index contributed by atoms with van der Waals surface area (Å²) in [5.41, 5.74) is 7.46. The number of hydrogen-bond donors (Lipinski definition) is 3. The summed E-state index contributed by atoms with van der Waals surface area (Å²) in [6.45, 7) is 1.92. The van der Waals surface area contributed by atoms with Crippen LogP contribution in [0.4, 0.5) is 11.4 Å². The third-order valence-corrected chi connectivity index (χ3v) is 1.43. The lowest BCUT2D eigenvalue weighted by Crippen LogP contribution is -2.26. The second-order valence-corrected chi connectivity index (χ2v) is 2.41. The monoisotopic (exact) mass is 153 g/mol. The molecule has 1 aromatic rings. The van der Waals surface area contributed by atoms with E-state index in [1.807, 2.05) is 13.0 Å². The lowest BCUT2D eigenvalue weighted by molar-refractivity contribution is 0.258. The first-order valence-electron chi connectivity index (χ1n) is 3.21. The summed E-state index contributed by atoms with van der Waals surface area (Å²) in [6.07, 6.45) is 0. The normalized spacial score (nSPS) is 9.73. The maximum atomic E-state index is 8.83. The smallest absolute Gasteiger partial charge is 0.105 e. The van der Waals surface area contributed by atoms with Crippen LogP contribution in [0.1, 0.15) is 5.56 Å². The number of nitrogen functional groups attached to an aromatic ring is 1. The highest BCUT2D eigenvalue weighted by molar-refractivity contribution is 5.66. The van der Waals surface area contributed by atoms with Crippen LogP contribution in [0.25, 0.3) is 0 Å². The van der Waals surface area contributed by atoms with Crippen molar-refractivity contribution in [3.8, 4) is 0 Å². The molecule has 4 nitrogen and oxygen atoms in total. The standard InChI is InChI=1S/C7H11N3O/c1-5-2-3-7(10(9)11)6(8)4-5/h2-4,11H,8-9H2,1H3. The van der Waals surface area contributed by atoms with Gasteiger partial charge in [0.2, 0.25) is 0 Å². The second kappa shape index (κ2) is 2.77. The van der Waals surface area contributed by atoms with E-state index in [0.29, 0.717) is 16.5 Å². The van der Waals surface area contributed by atoms with Crippen molar-refractivity contribution < 1.29 is 5.21 Å². The molecule has 11 heavy (non-hydrogen) atoms. The fraction of sp³-hybridized carbons (Fsp3) is 0.143. The Kier molecular flexibility index (Phi) is 1.98. The van der Waals surface area contributed by atoms with E-state index in [2.05, 4.69) is 0 Å². The van der Waals surface area contributed by atoms with Crippen molar-refractivity contribution in [3.05, 3.63) is 23.8 Å². The number of anilines is 2. The van der Waals surface area contributed by atoms with Crippen LogP contribution >= 0.6 is 0 Å². The van der Waals surface area contributed by atoms with Gasteiger partial charge in [0.25, 0.3) is 0 Å². The summed E-state index contributed by atoms with van der Waals surface area (Å²) in [7, 11) is 0. The van der Waals surface area contributed by atoms with E-state index in [4.69, 9.17) is 16.8 Å². The van der Waals surface area contributed by atoms with Gasteiger partial charge in [0.05, 0.1) is 5.69 Å². The van der Waals surface area contributed by atoms with Crippen molar-refractivity contribution in [2.75, 3.05) is 10.9 Å². The number of hydrogen-bond acceptors (Lipinski definition) is 4. The molecule has 0 saturated heterocycles. The zero-order chi connectivity index (χ0) is 8.43. The molecule has 5 N–H and O–H groups in total. The summed E-state index contributed by atoms with van der Waals surface area (Å²) in [5.74, 6) is 5.07. The minimum absolute atomic E-state index is 0.413. The molecule has 0 unspecified atom stereocenters. The minimum Gasteiger partial charge on any atom is -0.397 e. The number of hydrazine groups is 1. The third kappa shape index (κ3) is 1.60. The fourth-order valence-electron chi connectivity index (χ4n) is 0.883. The van der Waals surface area contributed by atoms with Gasteiger partial charge >= 0.3 is 0 Å². The van der Waals surface area contributed by atoms with Gasteiger partial charge < -0.3 is 5.73 Å². The molecule has 0 bridgehead atoms. The molecule has 0 radical (unpaired) electrons. The summed E-state index contributed by atoms with van der Waals surface area (Å²) in [5, 5.41) is 9.34. The Morgan fingerprint density at radius 1 is 1.45 bits per heavy atom. The summed E-state index contributed by atoms with van der Waals surface area (Å²) >= 11 is 0. The van der Waals surface area contributed by atoms with E-state index < -0.39 is 0 Å². The predicted octanol–water partition coefficient (Wildman–Crippen LogP) is 0.647. The van der Waals surface area contributed by atoms with Crippen LogP contribution in [0.5, 0.6) is 0 Å². The molecule has 0 aromatic heterocycles. The van der Waals surface area contributed by atoms with Gasteiger partial charge in [-0.2, -0.15) is 5.17 Å². The highest BCUT2D eigenvalue weighted by atomic mass is 16.5. The number of nitrogens with zero attached hydrogens (tertiary/aromatic N) is 1. The Morgan fingerprint density at radius 2 is 2.09 bits per heavy atom. The molecular formula is C7H11N3O. The molecule has 0 heterocycles. The van der Waals surface area contributed by atoms with Crippen LogP contribution in [0.2, 0.25) is 0 Å². The molecule has 1 aromatic carbocycles. The molecule has 0 spiro atoms. The molecule has 0 aliphatic heterocycles. The van der Waals surface area contributed by atoms with Gasteiger partial charge in [0, 0.05) is 0 Å². The first kappa shape index (κ1) is 7.84. The van der Waals surface area contributed by atoms with Crippen LogP contribution in [0.15, 0.2) is 18.2 Å². The van der Waals surface area contributed by atoms with Gasteiger partial charge in [0.1, 0.15) is 5.69 Å². The summed E-state index contributed by atoms with van der Waals surface area (Å²) in [6, 6.07) is 5.22. The zero-order valence-corrected chi connectivity index (χ0v) is 6.28. The van der Waals surface area contributed by atoms with E-state index in [1.54, 1.807) is 12.1 Å². The van der Waals surface area contributed by atoms with Crippen molar-refractivity contribution in [3.63, 3.8) is 0 Å². The van der Waals surface area contributed by atoms with Gasteiger partial charge in [-0.05, 0) is 24.6 Å². The topological polar surface area (TPSA) is 75.5 Å². The van der Waals surface area contributed by atoms with Crippen LogP contribution in [-0.2, 0) is 0 Å². The molecule has 0 atom stereocenters. The molecule has 0 amide bonds. The Balaban J connectivity index is 3.09. The first-order valence-corrected chi connectivity index (χ1v) is 3.21. The molecule has 0 aliphatic carbocycles. The Labute approximate surface area is 65.0 Å². The van der Waals surface area contributed by atoms with Crippen molar-refractivity contribution in [1.29, 1.82) is 0 Å². The van der Waals surface area contributed by atoms with Crippen LogP contribution in [0, 0.1) is 6.92 Å². The van der Waals surface area contributed by atoms with Crippen LogP contribution in [0.3, 0.4) is 0 Å². The summed E-state index contributed by atoms with van der Waals surface area (Å²) < 4.78 is 0. The van der Waals surface area contributed by atoms with Gasteiger partial charge in [-0.3, -0.25) is 5.21 Å². The van der Waals surface area contributed by atoms with Crippen LogP contribution in [-0.4, -0.2) is 5.21 Å². The van der Waals surface area contributed by atoms with E-state index in [9.17, 15) is 0 Å². The molecule has 4 heteroatoms. The molecule has 0 aliphatic rings. The third-order valence-electron chi connectivity index (χ3n) is 1.43. The van der Waals surface area contributed by atoms with E-state index in [-0.39, 0.29) is 0 Å². The van der Waals surface area contributed by atoms with Crippen molar-refractivity contribution in [2.24, 2.45) is 5.84 Å². The average Bonchev–Trinajstić information content (AvgIpc) is 1.85. The highest BCUT2D eigenvalue weighted by Crippen LogP contribution is 2.20. The lowest BCUT2D eigenvalue weighted by Gasteiger charge is -2.12. The first-order chi connectivity index (χ1) is 5.11. The van der Waals surface area contributed by atoms with Crippen molar-refractivity contribution in [2.45, 2.75) is 6.92 Å². The van der Waals surface area contributed by atoms with Crippen LogP contribution < -0.4 is 16.7 Å². The Bertz CT molecular complexity index is 260. The van der Waals surface area contributed by atoms with E-state index in [1.165, 1.54) is 0 Å². The van der Waals surface area contributed by atoms with Crippen molar-refractivity contribution in [1.82, 2.24) is 0 Å². The fourth-order valence-corrected chi connectivity index (χ4v) is 0.883. The maximum Gasteiger partial charge on any atom is 0.105 e.